The number of carbonyl (C=O) groups is 4. The van der Waals surface area contributed by atoms with Crippen LogP contribution in [0.1, 0.15) is 48.8 Å². The van der Waals surface area contributed by atoms with Crippen molar-refractivity contribution >= 4 is 57.1 Å². The van der Waals surface area contributed by atoms with Crippen LogP contribution in [0.3, 0.4) is 0 Å². The van der Waals surface area contributed by atoms with Gasteiger partial charge in [-0.2, -0.15) is 15.0 Å². The molecule has 0 fully saturated rings. The Labute approximate surface area is 284 Å². The Hall–Kier alpha value is -5.60. The van der Waals surface area contributed by atoms with E-state index in [9.17, 15) is 32.0 Å². The lowest BCUT2D eigenvalue weighted by Gasteiger charge is -2.19. The molecular weight excluding hydrogens is 687 g/mol. The van der Waals surface area contributed by atoms with Gasteiger partial charge < -0.3 is 14.6 Å². The third-order valence-electron chi connectivity index (χ3n) is 6.94. The number of methoxy groups -OCH3 is 1. The molecule has 2 heterocycles. The number of anilines is 2. The number of nitrogens with one attached hydrogen (secondary N) is 2. The number of hydrogen-bond donors (Lipinski definition) is 3. The molecule has 1 unspecified atom stereocenters. The fraction of sp³-hybridized carbons (Fsp3) is 0.258. The highest BCUT2D eigenvalue weighted by Crippen LogP contribution is 2.39. The second kappa shape index (κ2) is 15.1. The number of terminal acetylenes is 1. The van der Waals surface area contributed by atoms with E-state index in [1.807, 2.05) is 0 Å². The van der Waals surface area contributed by atoms with Crippen molar-refractivity contribution in [1.82, 2.24) is 19.7 Å². The topological polar surface area (TPSA) is 207 Å². The zero-order valence-corrected chi connectivity index (χ0v) is 27.7. The summed E-state index contributed by atoms with van der Waals surface area (Å²) in [6.07, 6.45) is 7.47. The van der Waals surface area contributed by atoms with Crippen molar-refractivity contribution in [3.63, 3.8) is 0 Å². The number of amides is 4. The zero-order chi connectivity index (χ0) is 36.0. The molecular formula is C31H28ClFN6O9S. The van der Waals surface area contributed by atoms with Crippen molar-refractivity contribution in [3.05, 3.63) is 69.8 Å². The molecule has 3 aromatic rings. The van der Waals surface area contributed by atoms with Crippen molar-refractivity contribution in [1.29, 1.82) is 0 Å². The number of aryl methyl sites for hydroxylation is 1. The van der Waals surface area contributed by atoms with Crippen LogP contribution in [-0.4, -0.2) is 65.5 Å². The minimum Gasteiger partial charge on any atom is -0.478 e. The molecule has 15 nitrogen and oxygen atoms in total. The van der Waals surface area contributed by atoms with E-state index in [2.05, 4.69) is 26.2 Å². The second-order valence-corrected chi connectivity index (χ2v) is 12.4. The average molecular weight is 715 g/mol. The lowest BCUT2D eigenvalue weighted by molar-refractivity contribution is -0.120. The lowest BCUT2D eigenvalue weighted by Crippen LogP contribution is -2.35. The number of halogens is 2. The molecule has 18 heteroatoms. The van der Waals surface area contributed by atoms with E-state index in [1.54, 1.807) is 11.6 Å². The smallest absolute Gasteiger partial charge is 0.337 e. The normalized spacial score (nSPS) is 14.6. The maximum Gasteiger partial charge on any atom is 0.337 e. The fourth-order valence-corrected chi connectivity index (χ4v) is 6.05. The Morgan fingerprint density at radius 3 is 2.33 bits per heavy atom. The molecule has 4 amide bonds. The van der Waals surface area contributed by atoms with Gasteiger partial charge >= 0.3 is 18.0 Å². The number of benzene rings is 2. The first kappa shape index (κ1) is 36.2. The number of rotatable bonds is 8. The molecule has 0 bridgehead atoms. The maximum absolute atomic E-state index is 14.4. The number of carboxylic acids is 1. The molecule has 0 saturated heterocycles. The molecule has 1 atom stereocenters. The van der Waals surface area contributed by atoms with Crippen LogP contribution in [0.5, 0.6) is 11.8 Å². The van der Waals surface area contributed by atoms with E-state index < -0.39 is 56.2 Å². The molecule has 1 aliphatic carbocycles. The number of carboxylic acid groups (broad SMARTS) is 1. The summed E-state index contributed by atoms with van der Waals surface area (Å²) in [5.74, 6) is -0.633. The molecule has 256 valence electrons. The van der Waals surface area contributed by atoms with Crippen LogP contribution in [-0.2, 0) is 19.6 Å². The lowest BCUT2D eigenvalue weighted by atomic mass is 9.93. The fourth-order valence-electron chi connectivity index (χ4n) is 4.75. The van der Waals surface area contributed by atoms with Crippen LogP contribution in [0, 0.1) is 25.1 Å². The molecule has 1 aromatic heterocycles. The van der Waals surface area contributed by atoms with Crippen molar-refractivity contribution in [3.8, 4) is 24.1 Å². The highest BCUT2D eigenvalue weighted by Gasteiger charge is 2.41. The first-order chi connectivity index (χ1) is 23.2. The van der Waals surface area contributed by atoms with Gasteiger partial charge in [0.2, 0.25) is 5.95 Å². The highest BCUT2D eigenvalue weighted by atomic mass is 35.5. The molecule has 0 radical (unpaired) electrons. The minimum absolute atomic E-state index is 0.0233. The van der Waals surface area contributed by atoms with Gasteiger partial charge in [0, 0.05) is 17.2 Å². The molecule has 3 N–H and O–H groups in total. The average Bonchev–Trinajstić information content (AvgIpc) is 3.30. The molecule has 1 aliphatic heterocycles. The molecule has 49 heavy (non-hydrogen) atoms. The predicted octanol–water partition coefficient (Wildman–Crippen LogP) is 4.02. The summed E-state index contributed by atoms with van der Waals surface area (Å²) in [4.78, 5) is 59.8. The Morgan fingerprint density at radius 1 is 1.10 bits per heavy atom. The number of hydrogen-bond acceptors (Lipinski definition) is 11. The third kappa shape index (κ3) is 8.28. The van der Waals surface area contributed by atoms with Crippen molar-refractivity contribution in [2.45, 2.75) is 50.5 Å². The minimum atomic E-state index is -4.43. The summed E-state index contributed by atoms with van der Waals surface area (Å²) in [5, 5.41) is 11.2. The van der Waals surface area contributed by atoms with Gasteiger partial charge in [0.1, 0.15) is 22.3 Å². The summed E-state index contributed by atoms with van der Waals surface area (Å²) in [6, 6.07) is 5.90. The monoisotopic (exact) mass is 714 g/mol. The number of ether oxygens (including phenoxy) is 2. The molecule has 0 spiro atoms. The third-order valence-corrected chi connectivity index (χ3v) is 8.62. The van der Waals surface area contributed by atoms with Gasteiger partial charge in [-0.1, -0.05) is 29.7 Å². The Kier molecular flexibility index (Phi) is 11.2. The Morgan fingerprint density at radius 2 is 1.73 bits per heavy atom. The van der Waals surface area contributed by atoms with E-state index in [0.29, 0.717) is 24.0 Å². The Bertz CT molecular complexity index is 2010. The van der Waals surface area contributed by atoms with E-state index in [4.69, 9.17) is 32.6 Å². The number of nitrogens with zero attached hydrogens (tertiary/aromatic N) is 4. The number of aromatic carboxylic acids is 1. The summed E-state index contributed by atoms with van der Waals surface area (Å²) >= 11 is 5.97. The zero-order valence-electron chi connectivity index (χ0n) is 26.1. The summed E-state index contributed by atoms with van der Waals surface area (Å²) in [7, 11) is -3.11. The van der Waals surface area contributed by atoms with Crippen molar-refractivity contribution in [2.75, 3.05) is 17.3 Å². The SMILES string of the molecule is C#CC(C)Oc1cc(N2C(=O)C3=C(CCCC3)C2=O)c(F)cc1Cl.COc1nc(C)nc(NC(=O)NS(=O)(=O)c2ccccc2C(=O)O)n1. The van der Waals surface area contributed by atoms with E-state index in [0.717, 1.165) is 35.9 Å². The van der Waals surface area contributed by atoms with Crippen LogP contribution < -0.4 is 24.4 Å². The van der Waals surface area contributed by atoms with Gasteiger partial charge in [0.05, 0.1) is 23.4 Å². The number of carbonyl (C=O) groups excluding carboxylic acids is 3. The molecule has 2 aromatic carbocycles. The van der Waals surface area contributed by atoms with E-state index in [-0.39, 0.29) is 34.2 Å². The number of urea groups is 1. The number of imide groups is 1. The van der Waals surface area contributed by atoms with Crippen molar-refractivity contribution < 1.29 is 46.6 Å². The quantitative estimate of drug-likeness (QED) is 0.223. The molecule has 2 aliphatic rings. The van der Waals surface area contributed by atoms with Gasteiger partial charge in [-0.25, -0.2) is 32.0 Å². The molecule has 0 saturated carbocycles. The van der Waals surface area contributed by atoms with Crippen LogP contribution in [0.2, 0.25) is 5.02 Å². The van der Waals surface area contributed by atoms with Crippen LogP contribution in [0.4, 0.5) is 20.8 Å². The maximum atomic E-state index is 14.4. The number of sulfonamides is 1. The second-order valence-electron chi connectivity index (χ2n) is 10.3. The van der Waals surface area contributed by atoms with Gasteiger partial charge in [-0.05, 0) is 57.7 Å². The van der Waals surface area contributed by atoms with Gasteiger partial charge in [0.25, 0.3) is 21.8 Å². The first-order valence-electron chi connectivity index (χ1n) is 14.3. The standard InChI is InChI=1S/C18H15ClFNO3.C13H13N5O6S/c1-3-10(2)24-16-9-15(14(20)8-13(16)19)21-17(22)11-6-4-5-7-12(11)18(21)23;1-7-14-11(17-13(15-7)24-2)16-12(21)18-25(22,23)9-6-4-3-5-8(9)10(19)20/h1,8-10H,4-7H2,2H3;3-6H,1-2H3,(H,19,20)(H2,14,15,16,17,18,21). The van der Waals surface area contributed by atoms with Crippen LogP contribution >= 0.6 is 11.6 Å². The molecule has 5 rings (SSSR count). The highest BCUT2D eigenvalue weighted by molar-refractivity contribution is 7.90. The largest absolute Gasteiger partial charge is 0.478 e. The van der Waals surface area contributed by atoms with Crippen LogP contribution in [0.25, 0.3) is 0 Å². The van der Waals surface area contributed by atoms with Gasteiger partial charge in [-0.3, -0.25) is 14.9 Å². The summed E-state index contributed by atoms with van der Waals surface area (Å²) in [5.41, 5.74) is 0.337. The summed E-state index contributed by atoms with van der Waals surface area (Å²) in [6.45, 7) is 3.15. The van der Waals surface area contributed by atoms with Gasteiger partial charge in [0.15, 0.2) is 6.10 Å². The van der Waals surface area contributed by atoms with E-state index >= 15 is 0 Å². The van der Waals surface area contributed by atoms with Crippen LogP contribution in [0.15, 0.2) is 52.4 Å². The Balaban J connectivity index is 0.000000221. The predicted molar refractivity (Wildman–Crippen MR) is 172 cm³/mol. The summed E-state index contributed by atoms with van der Waals surface area (Å²) < 4.78 is 50.8. The van der Waals surface area contributed by atoms with Gasteiger partial charge in [-0.15, -0.1) is 6.42 Å². The van der Waals surface area contributed by atoms with Crippen molar-refractivity contribution in [2.24, 2.45) is 0 Å². The first-order valence-corrected chi connectivity index (χ1v) is 16.2. The van der Waals surface area contributed by atoms with E-state index in [1.165, 1.54) is 32.2 Å². The number of aromatic nitrogens is 3.